The predicted octanol–water partition coefficient (Wildman–Crippen LogP) is 1.17. The average Bonchev–Trinajstić information content (AvgIpc) is 2.98. The van der Waals surface area contributed by atoms with E-state index in [0.29, 0.717) is 31.9 Å². The molecular weight excluding hydrogens is 413 g/mol. The summed E-state index contributed by atoms with van der Waals surface area (Å²) in [6.07, 6.45) is -0.969. The third kappa shape index (κ3) is 4.13. The van der Waals surface area contributed by atoms with Crippen molar-refractivity contribution in [2.75, 3.05) is 18.5 Å². The number of fused-ring (bicyclic) bond motifs is 1. The first-order chi connectivity index (χ1) is 12.8. The molecule has 3 rings (SSSR count). The Balaban J connectivity index is 2.08. The second-order valence-corrected chi connectivity index (χ2v) is 7.87. The Morgan fingerprint density at radius 1 is 1.33 bits per heavy atom. The lowest BCUT2D eigenvalue weighted by Crippen LogP contribution is -2.33. The number of aliphatic hydroxyl groups excluding tert-OH is 2. The molecule has 1 aromatic carbocycles. The molecule has 0 saturated heterocycles. The number of carbonyl (C=O) groups is 1. The molecule has 27 heavy (non-hydrogen) atoms. The number of hydrogen-bond acceptors (Lipinski definition) is 8. The highest BCUT2D eigenvalue weighted by Gasteiger charge is 2.39. The number of halogens is 2. The van der Waals surface area contributed by atoms with Crippen LogP contribution in [-0.2, 0) is 4.79 Å². The number of rotatable bonds is 6. The molecule has 8 nitrogen and oxygen atoms in total. The van der Waals surface area contributed by atoms with Crippen molar-refractivity contribution in [1.82, 2.24) is 9.97 Å². The minimum absolute atomic E-state index is 0.0477. The zero-order valence-corrected chi connectivity index (χ0v) is 16.2. The fourth-order valence-electron chi connectivity index (χ4n) is 2.64. The number of aromatic nitrogens is 2. The molecule has 3 atom stereocenters. The van der Waals surface area contributed by atoms with Gasteiger partial charge in [0, 0.05) is 17.7 Å². The maximum atomic E-state index is 11.7. The Kier molecular flexibility index (Phi) is 6.09. The summed E-state index contributed by atoms with van der Waals surface area (Å²) in [6.45, 7) is -0.354. The second-order valence-electron chi connectivity index (χ2n) is 5.93. The van der Waals surface area contributed by atoms with Crippen molar-refractivity contribution in [2.45, 2.75) is 22.4 Å². The number of nitrogens with one attached hydrogen (secondary N) is 1. The first kappa shape index (κ1) is 20.1. The van der Waals surface area contributed by atoms with E-state index in [0.717, 1.165) is 11.8 Å². The van der Waals surface area contributed by atoms with Crippen LogP contribution in [0.25, 0.3) is 11.3 Å². The number of nitrogens with zero attached hydrogens (tertiary/aromatic N) is 2. The van der Waals surface area contributed by atoms with Gasteiger partial charge in [0.2, 0.25) is 11.9 Å². The first-order valence-corrected chi connectivity index (χ1v) is 9.57. The highest BCUT2D eigenvalue weighted by Crippen LogP contribution is 2.46. The monoisotopic (exact) mass is 429 g/mol. The van der Waals surface area contributed by atoms with Crippen LogP contribution in [0.15, 0.2) is 23.2 Å². The van der Waals surface area contributed by atoms with Crippen LogP contribution in [0.1, 0.15) is 11.6 Å². The van der Waals surface area contributed by atoms with Crippen LogP contribution in [0.4, 0.5) is 5.95 Å². The van der Waals surface area contributed by atoms with Crippen molar-refractivity contribution < 1.29 is 15.0 Å². The zero-order valence-electron chi connectivity index (χ0n) is 13.9. The molecule has 0 saturated carbocycles. The number of thioether (sulfide) groups is 1. The van der Waals surface area contributed by atoms with Crippen LogP contribution in [0.2, 0.25) is 10.0 Å². The fourth-order valence-corrected chi connectivity index (χ4v) is 4.07. The summed E-state index contributed by atoms with van der Waals surface area (Å²) in [5.41, 5.74) is 13.4. The van der Waals surface area contributed by atoms with Crippen molar-refractivity contribution >= 4 is 46.8 Å². The van der Waals surface area contributed by atoms with Gasteiger partial charge in [-0.1, -0.05) is 41.0 Å². The van der Waals surface area contributed by atoms with Crippen molar-refractivity contribution in [3.63, 3.8) is 0 Å². The van der Waals surface area contributed by atoms with E-state index in [9.17, 15) is 9.90 Å². The Morgan fingerprint density at radius 2 is 2.07 bits per heavy atom. The molecule has 144 valence electrons. The van der Waals surface area contributed by atoms with Gasteiger partial charge in [0.1, 0.15) is 10.3 Å². The van der Waals surface area contributed by atoms with Gasteiger partial charge in [-0.25, -0.2) is 9.97 Å². The zero-order chi connectivity index (χ0) is 19.7. The summed E-state index contributed by atoms with van der Waals surface area (Å²) in [4.78, 5) is 20.6. The maximum absolute atomic E-state index is 11.7. The highest BCUT2D eigenvalue weighted by atomic mass is 35.5. The van der Waals surface area contributed by atoms with Crippen LogP contribution in [-0.4, -0.2) is 50.6 Å². The molecule has 11 heteroatoms. The van der Waals surface area contributed by atoms with E-state index < -0.39 is 29.9 Å². The number of nitrogens with two attached hydrogens (primary N) is 2. The van der Waals surface area contributed by atoms with E-state index >= 15 is 0 Å². The quantitative estimate of drug-likeness (QED) is 0.429. The number of primary amides is 1. The summed E-state index contributed by atoms with van der Waals surface area (Å²) >= 11 is 13.3. The standard InChI is InChI=1S/C16H17Cl2N5O3S/c17-8-2-1-6(3-9(8)18)12-10-11(19)13(14(20)26)27-15(10)23-16(22-12)21-4-7(25)5-24/h1-3,7,11,13,24-25H,4-5,19H2,(H2,20,26)(H,21,22,23). The summed E-state index contributed by atoms with van der Waals surface area (Å²) in [6, 6.07) is 4.34. The molecule has 1 aliphatic heterocycles. The molecule has 1 amide bonds. The normalized spacial score (nSPS) is 19.6. The summed E-state index contributed by atoms with van der Waals surface area (Å²) in [5.74, 6) is -0.331. The van der Waals surface area contributed by atoms with Crippen LogP contribution >= 0.6 is 35.0 Å². The summed E-state index contributed by atoms with van der Waals surface area (Å²) in [5, 5.41) is 21.9. The van der Waals surface area contributed by atoms with Crippen molar-refractivity contribution in [2.24, 2.45) is 11.5 Å². The van der Waals surface area contributed by atoms with Gasteiger partial charge < -0.3 is 27.0 Å². The Morgan fingerprint density at radius 3 is 2.70 bits per heavy atom. The van der Waals surface area contributed by atoms with E-state index in [1.54, 1.807) is 18.2 Å². The van der Waals surface area contributed by atoms with Gasteiger partial charge in [-0.2, -0.15) is 0 Å². The van der Waals surface area contributed by atoms with E-state index in [1.165, 1.54) is 0 Å². The largest absolute Gasteiger partial charge is 0.394 e. The molecule has 0 bridgehead atoms. The maximum Gasteiger partial charge on any atom is 0.232 e. The van der Waals surface area contributed by atoms with Gasteiger partial charge in [0.25, 0.3) is 0 Å². The third-order valence-corrected chi connectivity index (χ3v) is 6.04. The van der Waals surface area contributed by atoms with Crippen LogP contribution in [0.3, 0.4) is 0 Å². The summed E-state index contributed by atoms with van der Waals surface area (Å²) < 4.78 is 0. The van der Waals surface area contributed by atoms with Crippen molar-refractivity contribution in [1.29, 1.82) is 0 Å². The van der Waals surface area contributed by atoms with E-state index in [2.05, 4.69) is 15.3 Å². The molecule has 1 aliphatic rings. The Hall–Kier alpha value is -1.62. The molecule has 0 radical (unpaired) electrons. The molecule has 0 spiro atoms. The van der Waals surface area contributed by atoms with Crippen LogP contribution < -0.4 is 16.8 Å². The van der Waals surface area contributed by atoms with Gasteiger partial charge in [0.15, 0.2) is 0 Å². The van der Waals surface area contributed by atoms with E-state index in [1.807, 2.05) is 0 Å². The van der Waals surface area contributed by atoms with Gasteiger partial charge in [-0.15, -0.1) is 0 Å². The Labute approximate surface area is 169 Å². The van der Waals surface area contributed by atoms with Crippen LogP contribution in [0, 0.1) is 0 Å². The summed E-state index contributed by atoms with van der Waals surface area (Å²) in [7, 11) is 0. The number of amides is 1. The molecule has 0 aliphatic carbocycles. The second kappa shape index (κ2) is 8.17. The third-order valence-electron chi connectivity index (χ3n) is 3.99. The number of carbonyl (C=O) groups excluding carboxylic acids is 1. The predicted molar refractivity (Wildman–Crippen MR) is 105 cm³/mol. The smallest absolute Gasteiger partial charge is 0.232 e. The first-order valence-electron chi connectivity index (χ1n) is 7.93. The lowest BCUT2D eigenvalue weighted by atomic mass is 9.99. The number of anilines is 1. The van der Waals surface area contributed by atoms with E-state index in [-0.39, 0.29) is 12.5 Å². The van der Waals surface area contributed by atoms with Crippen molar-refractivity contribution in [3.05, 3.63) is 33.8 Å². The SMILES string of the molecule is NC(=O)C1Sc2nc(NCC(O)CO)nc(-c3ccc(Cl)c(Cl)c3)c2C1N. The highest BCUT2D eigenvalue weighted by molar-refractivity contribution is 8.01. The number of aliphatic hydroxyl groups is 2. The molecule has 0 fully saturated rings. The van der Waals surface area contributed by atoms with Crippen LogP contribution in [0.5, 0.6) is 0 Å². The van der Waals surface area contributed by atoms with Gasteiger partial charge in [-0.05, 0) is 12.1 Å². The number of hydrogen-bond donors (Lipinski definition) is 5. The lowest BCUT2D eigenvalue weighted by molar-refractivity contribution is -0.117. The lowest BCUT2D eigenvalue weighted by Gasteiger charge is -2.15. The molecule has 2 aromatic rings. The molecule has 2 heterocycles. The molecule has 3 unspecified atom stereocenters. The van der Waals surface area contributed by atoms with Gasteiger partial charge in [0.05, 0.1) is 34.5 Å². The minimum atomic E-state index is -0.969. The Bertz CT molecular complexity index is 885. The molecule has 7 N–H and O–H groups in total. The average molecular weight is 430 g/mol. The van der Waals surface area contributed by atoms with Gasteiger partial charge in [-0.3, -0.25) is 4.79 Å². The van der Waals surface area contributed by atoms with Gasteiger partial charge >= 0.3 is 0 Å². The fraction of sp³-hybridized carbons (Fsp3) is 0.312. The molecule has 1 aromatic heterocycles. The van der Waals surface area contributed by atoms with E-state index in [4.69, 9.17) is 39.8 Å². The van der Waals surface area contributed by atoms with Crippen molar-refractivity contribution in [3.8, 4) is 11.3 Å². The topological polar surface area (TPSA) is 147 Å². The number of benzene rings is 1. The molecular formula is C16H17Cl2N5O3S. The minimum Gasteiger partial charge on any atom is -0.394 e.